The monoisotopic (exact) mass is 454 g/mol. The highest BCUT2D eigenvalue weighted by molar-refractivity contribution is 5.81. The second-order valence-electron chi connectivity index (χ2n) is 8.38. The lowest BCUT2D eigenvalue weighted by Gasteiger charge is -2.36. The molecular formula is C26H31FN2O4. The zero-order valence-electron chi connectivity index (χ0n) is 19.3. The summed E-state index contributed by atoms with van der Waals surface area (Å²) in [5, 5.41) is 0.512. The van der Waals surface area contributed by atoms with Gasteiger partial charge in [-0.25, -0.2) is 4.39 Å². The fourth-order valence-corrected chi connectivity index (χ4v) is 4.39. The summed E-state index contributed by atoms with van der Waals surface area (Å²) in [4.78, 5) is 17.7. The molecule has 6 nitrogen and oxygen atoms in total. The second kappa shape index (κ2) is 10.7. The third-order valence-corrected chi connectivity index (χ3v) is 6.32. The van der Waals surface area contributed by atoms with Gasteiger partial charge in [0.2, 0.25) is 0 Å². The fraction of sp³-hybridized carbons (Fsp3) is 0.423. The molecule has 2 heterocycles. The van der Waals surface area contributed by atoms with Gasteiger partial charge < -0.3 is 18.8 Å². The van der Waals surface area contributed by atoms with Gasteiger partial charge in [0.25, 0.3) is 0 Å². The molecule has 0 N–H and O–H groups in total. The summed E-state index contributed by atoms with van der Waals surface area (Å²) in [5.41, 5.74) is 3.00. The number of halogens is 1. The van der Waals surface area contributed by atoms with Crippen LogP contribution < -0.4 is 19.8 Å². The highest BCUT2D eigenvalue weighted by Gasteiger charge is 2.17. The van der Waals surface area contributed by atoms with Crippen LogP contribution in [-0.2, 0) is 13.1 Å². The van der Waals surface area contributed by atoms with Gasteiger partial charge in [-0.15, -0.1) is 0 Å². The van der Waals surface area contributed by atoms with Gasteiger partial charge in [0, 0.05) is 43.5 Å². The number of piperazine rings is 1. The smallest absolute Gasteiger partial charge is 0.195 e. The molecule has 4 rings (SSSR count). The molecule has 2 aromatic carbocycles. The summed E-state index contributed by atoms with van der Waals surface area (Å²) in [7, 11) is 3.11. The van der Waals surface area contributed by atoms with Gasteiger partial charge in [-0.1, -0.05) is 12.1 Å². The molecule has 7 heteroatoms. The second-order valence-corrected chi connectivity index (χ2v) is 8.38. The van der Waals surface area contributed by atoms with Crippen molar-refractivity contribution in [2.24, 2.45) is 0 Å². The molecule has 1 saturated heterocycles. The van der Waals surface area contributed by atoms with E-state index in [1.54, 1.807) is 32.6 Å². The average molecular weight is 455 g/mol. The van der Waals surface area contributed by atoms with Crippen LogP contribution in [0.15, 0.2) is 51.9 Å². The van der Waals surface area contributed by atoms with Gasteiger partial charge in [-0.2, -0.15) is 0 Å². The number of alkyl halides is 1. The summed E-state index contributed by atoms with van der Waals surface area (Å²) in [6.45, 7) is 4.43. The van der Waals surface area contributed by atoms with E-state index in [-0.39, 0.29) is 5.43 Å². The number of rotatable bonds is 9. The maximum Gasteiger partial charge on any atom is 0.195 e. The van der Waals surface area contributed by atoms with Crippen molar-refractivity contribution in [1.29, 1.82) is 0 Å². The first-order chi connectivity index (χ1) is 16.1. The number of unbranched alkanes of at least 4 members (excludes halogenated alkanes) is 1. The molecule has 1 aliphatic rings. The number of nitrogens with zero attached hydrogens (tertiary/aromatic N) is 2. The van der Waals surface area contributed by atoms with Gasteiger partial charge in [0.15, 0.2) is 16.9 Å². The predicted molar refractivity (Wildman–Crippen MR) is 128 cm³/mol. The first kappa shape index (κ1) is 23.1. The Morgan fingerprint density at radius 2 is 1.76 bits per heavy atom. The Morgan fingerprint density at radius 3 is 2.48 bits per heavy atom. The van der Waals surface area contributed by atoms with Crippen LogP contribution in [0.2, 0.25) is 0 Å². The molecule has 3 aromatic rings. The number of anilines is 1. The van der Waals surface area contributed by atoms with Crippen LogP contribution in [0.1, 0.15) is 24.0 Å². The predicted octanol–water partition coefficient (Wildman–Crippen LogP) is 4.42. The van der Waals surface area contributed by atoms with E-state index in [0.29, 0.717) is 34.5 Å². The van der Waals surface area contributed by atoms with Crippen molar-refractivity contribution in [3.63, 3.8) is 0 Å². The maximum atomic E-state index is 12.9. The Morgan fingerprint density at radius 1 is 1.00 bits per heavy atom. The van der Waals surface area contributed by atoms with Crippen molar-refractivity contribution in [2.75, 3.05) is 51.8 Å². The molecule has 1 fully saturated rings. The van der Waals surface area contributed by atoms with Crippen LogP contribution >= 0.6 is 0 Å². The number of methoxy groups -OCH3 is 2. The van der Waals surface area contributed by atoms with E-state index in [9.17, 15) is 9.18 Å². The largest absolute Gasteiger partial charge is 0.493 e. The molecule has 1 aliphatic heterocycles. The minimum absolute atomic E-state index is 0.0127. The molecule has 0 bridgehead atoms. The van der Waals surface area contributed by atoms with E-state index in [2.05, 4.69) is 15.9 Å². The Kier molecular flexibility index (Phi) is 7.50. The zero-order chi connectivity index (χ0) is 23.2. The quantitative estimate of drug-likeness (QED) is 0.446. The molecular weight excluding hydrogens is 423 g/mol. The van der Waals surface area contributed by atoms with Crippen molar-refractivity contribution < 1.29 is 18.3 Å². The molecule has 0 atom stereocenters. The van der Waals surface area contributed by atoms with Crippen molar-refractivity contribution >= 4 is 16.7 Å². The molecule has 0 saturated carbocycles. The Labute approximate surface area is 193 Å². The van der Waals surface area contributed by atoms with E-state index in [0.717, 1.165) is 56.8 Å². The van der Waals surface area contributed by atoms with Crippen molar-refractivity contribution in [3.05, 3.63) is 64.0 Å². The molecule has 0 radical (unpaired) electrons. The van der Waals surface area contributed by atoms with Crippen LogP contribution in [0.4, 0.5) is 10.1 Å². The van der Waals surface area contributed by atoms with E-state index in [4.69, 9.17) is 13.9 Å². The lowest BCUT2D eigenvalue weighted by atomic mass is 10.1. The Balaban J connectivity index is 1.28. The van der Waals surface area contributed by atoms with E-state index >= 15 is 0 Å². The number of hydrogen-bond acceptors (Lipinski definition) is 6. The summed E-state index contributed by atoms with van der Waals surface area (Å²) in [6.07, 6.45) is 4.19. The molecule has 1 aromatic heterocycles. The van der Waals surface area contributed by atoms with E-state index in [1.165, 1.54) is 0 Å². The lowest BCUT2D eigenvalue weighted by molar-refractivity contribution is 0.253. The molecule has 0 unspecified atom stereocenters. The van der Waals surface area contributed by atoms with Crippen LogP contribution in [-0.4, -0.2) is 51.8 Å². The van der Waals surface area contributed by atoms with Crippen LogP contribution in [0, 0.1) is 0 Å². The van der Waals surface area contributed by atoms with Gasteiger partial charge in [-0.05, 0) is 49.6 Å². The summed E-state index contributed by atoms with van der Waals surface area (Å²) < 4.78 is 29.2. The highest BCUT2D eigenvalue weighted by Crippen LogP contribution is 2.31. The van der Waals surface area contributed by atoms with Gasteiger partial charge >= 0.3 is 0 Å². The van der Waals surface area contributed by atoms with Crippen molar-refractivity contribution in [1.82, 2.24) is 4.90 Å². The van der Waals surface area contributed by atoms with Crippen LogP contribution in [0.25, 0.3) is 11.0 Å². The minimum atomic E-state index is -0.425. The summed E-state index contributed by atoms with van der Waals surface area (Å²) in [6, 6.07) is 11.1. The van der Waals surface area contributed by atoms with Gasteiger partial charge in [0.05, 0.1) is 25.9 Å². The standard InChI is InChI=1S/C26H31FN2O4/c1-31-24-15-22-23(16-25(24)32-2)33-18-20(26(22)30)7-3-4-9-28-10-12-29(13-11-28)21-8-5-6-19(14-21)17-27/h5-6,8,14-16,18H,3-4,7,9-13,17H2,1-2H3. The number of hydrogen-bond donors (Lipinski definition) is 0. The number of aryl methyl sites for hydroxylation is 1. The van der Waals surface area contributed by atoms with Crippen LogP contribution in [0.3, 0.4) is 0 Å². The normalized spacial score (nSPS) is 14.6. The van der Waals surface area contributed by atoms with E-state index in [1.807, 2.05) is 18.2 Å². The molecule has 0 spiro atoms. The first-order valence-electron chi connectivity index (χ1n) is 11.4. The first-order valence-corrected chi connectivity index (χ1v) is 11.4. The van der Waals surface area contributed by atoms with Crippen molar-refractivity contribution in [3.8, 4) is 11.5 Å². The average Bonchev–Trinajstić information content (AvgIpc) is 2.87. The van der Waals surface area contributed by atoms with Gasteiger partial charge in [-0.3, -0.25) is 9.69 Å². The number of benzene rings is 2. The Hall–Kier alpha value is -3.06. The lowest BCUT2D eigenvalue weighted by Crippen LogP contribution is -2.46. The van der Waals surface area contributed by atoms with E-state index < -0.39 is 6.67 Å². The maximum absolute atomic E-state index is 12.9. The zero-order valence-corrected chi connectivity index (χ0v) is 19.3. The Bertz CT molecular complexity index is 1140. The van der Waals surface area contributed by atoms with Crippen molar-refractivity contribution in [2.45, 2.75) is 25.9 Å². The number of ether oxygens (including phenoxy) is 2. The fourth-order valence-electron chi connectivity index (χ4n) is 4.39. The molecule has 176 valence electrons. The molecule has 0 amide bonds. The number of fused-ring (bicyclic) bond motifs is 1. The SMILES string of the molecule is COc1cc2occ(CCCCN3CCN(c4cccc(CF)c4)CC3)c(=O)c2cc1OC. The molecule has 33 heavy (non-hydrogen) atoms. The summed E-state index contributed by atoms with van der Waals surface area (Å²) in [5.74, 6) is 1.06. The third kappa shape index (κ3) is 5.30. The topological polar surface area (TPSA) is 55.2 Å². The van der Waals surface area contributed by atoms with Crippen LogP contribution in [0.5, 0.6) is 11.5 Å². The van der Waals surface area contributed by atoms with Gasteiger partial charge in [0.1, 0.15) is 12.3 Å². The highest BCUT2D eigenvalue weighted by atomic mass is 19.1. The molecule has 0 aliphatic carbocycles. The summed E-state index contributed by atoms with van der Waals surface area (Å²) >= 11 is 0. The minimum Gasteiger partial charge on any atom is -0.493 e. The third-order valence-electron chi connectivity index (χ3n) is 6.32.